The lowest BCUT2D eigenvalue weighted by Gasteiger charge is -2.08. The van der Waals surface area contributed by atoms with E-state index >= 15 is 0 Å². The van der Waals surface area contributed by atoms with Crippen molar-refractivity contribution in [3.05, 3.63) is 28.2 Å². The Hall–Kier alpha value is -0.440. The molecule has 0 aliphatic rings. The largest absolute Gasteiger partial charge is 0.323 e. The van der Waals surface area contributed by atoms with Gasteiger partial charge in [0, 0.05) is 5.02 Å². The van der Waals surface area contributed by atoms with Crippen LogP contribution in [0.3, 0.4) is 0 Å². The molecule has 0 heterocycles. The zero-order valence-corrected chi connectivity index (χ0v) is 9.62. The van der Waals surface area contributed by atoms with Crippen LogP contribution in [0.5, 0.6) is 0 Å². The van der Waals surface area contributed by atoms with Crippen LogP contribution in [0.25, 0.3) is 0 Å². The number of hydrogen-bond acceptors (Lipinski definition) is 1. The highest BCUT2D eigenvalue weighted by Gasteiger charge is 2.10. The molecule has 1 rings (SSSR count). The molecule has 5 heteroatoms. The van der Waals surface area contributed by atoms with Crippen LogP contribution >= 0.6 is 34.8 Å². The Bertz CT molecular complexity index is 352. The van der Waals surface area contributed by atoms with Crippen molar-refractivity contribution in [2.45, 2.75) is 12.3 Å². The number of halogens is 3. The van der Waals surface area contributed by atoms with Crippen LogP contribution in [0.15, 0.2) is 18.2 Å². The molecular weight excluding hydrogens is 244 g/mol. The first-order valence-electron chi connectivity index (χ1n) is 3.90. The standard InChI is InChI=1S/C9H8Cl3NO/c1-5(10)9(14)13-8-3-2-6(11)4-7(8)12/h2-5H,1H3,(H,13,14)/t5-/m0/s1. The first-order chi connectivity index (χ1) is 6.50. The van der Waals surface area contributed by atoms with Gasteiger partial charge in [-0.05, 0) is 25.1 Å². The molecule has 0 fully saturated rings. The fourth-order valence-electron chi connectivity index (χ4n) is 0.823. The molecular formula is C9H8Cl3NO. The van der Waals surface area contributed by atoms with Crippen LogP contribution in [-0.4, -0.2) is 11.3 Å². The van der Waals surface area contributed by atoms with Gasteiger partial charge < -0.3 is 5.32 Å². The summed E-state index contributed by atoms with van der Waals surface area (Å²) in [6, 6.07) is 4.82. The smallest absolute Gasteiger partial charge is 0.242 e. The Kier molecular flexibility index (Phi) is 4.05. The van der Waals surface area contributed by atoms with Crippen molar-refractivity contribution in [1.82, 2.24) is 0 Å². The monoisotopic (exact) mass is 251 g/mol. The highest BCUT2D eigenvalue weighted by Crippen LogP contribution is 2.25. The summed E-state index contributed by atoms with van der Waals surface area (Å²) in [5.74, 6) is -0.295. The molecule has 1 aromatic rings. The molecule has 0 aromatic heterocycles. The third-order valence-corrected chi connectivity index (χ3v) is 2.30. The Morgan fingerprint density at radius 2 is 2.07 bits per heavy atom. The Morgan fingerprint density at radius 3 is 2.57 bits per heavy atom. The molecule has 0 spiro atoms. The van der Waals surface area contributed by atoms with E-state index in [1.54, 1.807) is 25.1 Å². The topological polar surface area (TPSA) is 29.1 Å². The van der Waals surface area contributed by atoms with Crippen LogP contribution in [-0.2, 0) is 4.79 Å². The molecule has 0 saturated heterocycles. The maximum atomic E-state index is 11.2. The highest BCUT2D eigenvalue weighted by atomic mass is 35.5. The molecule has 1 N–H and O–H groups in total. The van der Waals surface area contributed by atoms with Crippen molar-refractivity contribution in [1.29, 1.82) is 0 Å². The minimum Gasteiger partial charge on any atom is -0.323 e. The number of amides is 1. The second-order valence-corrected chi connectivity index (χ2v) is 4.23. The molecule has 1 amide bonds. The predicted molar refractivity (Wildman–Crippen MR) is 60.4 cm³/mol. The van der Waals surface area contributed by atoms with Gasteiger partial charge in [-0.15, -0.1) is 11.6 Å². The lowest BCUT2D eigenvalue weighted by atomic mass is 10.3. The van der Waals surface area contributed by atoms with Gasteiger partial charge in [0.1, 0.15) is 5.38 Å². The zero-order valence-electron chi connectivity index (χ0n) is 7.35. The van der Waals surface area contributed by atoms with Crippen LogP contribution in [0.1, 0.15) is 6.92 Å². The minimum absolute atomic E-state index is 0.295. The van der Waals surface area contributed by atoms with E-state index < -0.39 is 5.38 Å². The van der Waals surface area contributed by atoms with Crippen molar-refractivity contribution in [2.24, 2.45) is 0 Å². The number of nitrogens with one attached hydrogen (secondary N) is 1. The number of hydrogen-bond donors (Lipinski definition) is 1. The van der Waals surface area contributed by atoms with E-state index in [1.165, 1.54) is 0 Å². The summed E-state index contributed by atoms with van der Waals surface area (Å²) in [5, 5.41) is 2.89. The second-order valence-electron chi connectivity index (χ2n) is 2.73. The normalized spacial score (nSPS) is 12.3. The lowest BCUT2D eigenvalue weighted by molar-refractivity contribution is -0.115. The van der Waals surface area contributed by atoms with Crippen LogP contribution in [0.4, 0.5) is 5.69 Å². The summed E-state index contributed by atoms with van der Waals surface area (Å²) in [4.78, 5) is 11.2. The summed E-state index contributed by atoms with van der Waals surface area (Å²) < 4.78 is 0. The van der Waals surface area contributed by atoms with Gasteiger partial charge in [-0.25, -0.2) is 0 Å². The van der Waals surface area contributed by atoms with Crippen molar-refractivity contribution in [3.8, 4) is 0 Å². The van der Waals surface area contributed by atoms with Crippen molar-refractivity contribution in [2.75, 3.05) is 5.32 Å². The average molecular weight is 253 g/mol. The van der Waals surface area contributed by atoms with Crippen LogP contribution < -0.4 is 5.32 Å². The van der Waals surface area contributed by atoms with E-state index in [0.717, 1.165) is 0 Å². The van der Waals surface area contributed by atoms with E-state index in [0.29, 0.717) is 15.7 Å². The van der Waals surface area contributed by atoms with Crippen molar-refractivity contribution in [3.63, 3.8) is 0 Å². The Balaban J connectivity index is 2.82. The summed E-state index contributed by atoms with van der Waals surface area (Å²) in [7, 11) is 0. The fourth-order valence-corrected chi connectivity index (χ4v) is 1.33. The van der Waals surface area contributed by atoms with Gasteiger partial charge in [-0.3, -0.25) is 4.79 Å². The lowest BCUT2D eigenvalue weighted by Crippen LogP contribution is -2.20. The molecule has 0 saturated carbocycles. The molecule has 1 atom stereocenters. The number of alkyl halides is 1. The first-order valence-corrected chi connectivity index (χ1v) is 5.10. The third-order valence-electron chi connectivity index (χ3n) is 1.55. The fraction of sp³-hybridized carbons (Fsp3) is 0.222. The summed E-state index contributed by atoms with van der Waals surface area (Å²) >= 11 is 17.1. The summed E-state index contributed by atoms with van der Waals surface area (Å²) in [6.07, 6.45) is 0. The van der Waals surface area contributed by atoms with Gasteiger partial charge in [-0.2, -0.15) is 0 Å². The molecule has 0 aliphatic heterocycles. The second kappa shape index (κ2) is 4.87. The molecule has 14 heavy (non-hydrogen) atoms. The number of carbonyl (C=O) groups is 1. The summed E-state index contributed by atoms with van der Waals surface area (Å²) in [6.45, 7) is 1.58. The van der Waals surface area contributed by atoms with E-state index in [1.807, 2.05) is 0 Å². The molecule has 76 valence electrons. The van der Waals surface area contributed by atoms with E-state index in [-0.39, 0.29) is 5.91 Å². The Labute approximate surface area is 97.1 Å². The quantitative estimate of drug-likeness (QED) is 0.801. The van der Waals surface area contributed by atoms with Crippen molar-refractivity contribution >= 4 is 46.4 Å². The molecule has 2 nitrogen and oxygen atoms in total. The highest BCUT2D eigenvalue weighted by molar-refractivity contribution is 6.37. The number of rotatable bonds is 2. The molecule has 0 aliphatic carbocycles. The van der Waals surface area contributed by atoms with Gasteiger partial charge in [0.2, 0.25) is 5.91 Å². The van der Waals surface area contributed by atoms with Crippen LogP contribution in [0.2, 0.25) is 10.0 Å². The molecule has 0 unspecified atom stereocenters. The maximum absolute atomic E-state index is 11.2. The molecule has 1 aromatic carbocycles. The van der Waals surface area contributed by atoms with Gasteiger partial charge in [0.15, 0.2) is 0 Å². The first kappa shape index (κ1) is 11.6. The average Bonchev–Trinajstić information content (AvgIpc) is 2.09. The maximum Gasteiger partial charge on any atom is 0.242 e. The Morgan fingerprint density at radius 1 is 1.43 bits per heavy atom. The van der Waals surface area contributed by atoms with Gasteiger partial charge >= 0.3 is 0 Å². The number of carbonyl (C=O) groups excluding carboxylic acids is 1. The van der Waals surface area contributed by atoms with Gasteiger partial charge in [-0.1, -0.05) is 23.2 Å². The zero-order chi connectivity index (χ0) is 10.7. The van der Waals surface area contributed by atoms with E-state index in [4.69, 9.17) is 34.8 Å². The van der Waals surface area contributed by atoms with E-state index in [9.17, 15) is 4.79 Å². The third kappa shape index (κ3) is 3.05. The number of anilines is 1. The minimum atomic E-state index is -0.596. The molecule has 0 bridgehead atoms. The van der Waals surface area contributed by atoms with E-state index in [2.05, 4.69) is 5.32 Å². The summed E-state index contributed by atoms with van der Waals surface area (Å²) in [5.41, 5.74) is 0.508. The van der Waals surface area contributed by atoms with Gasteiger partial charge in [0.05, 0.1) is 10.7 Å². The molecule has 0 radical (unpaired) electrons. The SMILES string of the molecule is C[C@H](Cl)C(=O)Nc1ccc(Cl)cc1Cl. The van der Waals surface area contributed by atoms with Crippen molar-refractivity contribution < 1.29 is 4.79 Å². The van der Waals surface area contributed by atoms with Gasteiger partial charge in [0.25, 0.3) is 0 Å². The predicted octanol–water partition coefficient (Wildman–Crippen LogP) is 3.56. The van der Waals surface area contributed by atoms with Crippen LogP contribution in [0, 0.1) is 0 Å². The number of benzene rings is 1.